The van der Waals surface area contributed by atoms with Crippen LogP contribution >= 0.6 is 0 Å². The fraction of sp³-hybridized carbons (Fsp3) is 0.296. The van der Waals surface area contributed by atoms with Gasteiger partial charge in [-0.2, -0.15) is 0 Å². The summed E-state index contributed by atoms with van der Waals surface area (Å²) in [6, 6.07) is 27.4. The van der Waals surface area contributed by atoms with Gasteiger partial charge in [0.25, 0.3) is 0 Å². The molecule has 1 heterocycles. The van der Waals surface area contributed by atoms with E-state index in [-0.39, 0.29) is 13.2 Å². The molecule has 1 fully saturated rings. The molecule has 7 heteroatoms. The Bertz CT molecular complexity index is 1010. The summed E-state index contributed by atoms with van der Waals surface area (Å²) in [6.45, 7) is 0.509. The lowest BCUT2D eigenvalue weighted by Gasteiger charge is -2.42. The van der Waals surface area contributed by atoms with E-state index in [0.29, 0.717) is 12.2 Å². The molecule has 1 aliphatic rings. The highest BCUT2D eigenvalue weighted by Crippen LogP contribution is 2.27. The first-order chi connectivity index (χ1) is 16.6. The van der Waals surface area contributed by atoms with Gasteiger partial charge in [-0.1, -0.05) is 78.9 Å². The second-order valence-corrected chi connectivity index (χ2v) is 8.05. The number of aliphatic hydroxyl groups excluding tert-OH is 2. The van der Waals surface area contributed by atoms with Gasteiger partial charge in [-0.25, -0.2) is 4.79 Å². The number of carbonyl (C=O) groups is 1. The molecule has 0 aliphatic carbocycles. The van der Waals surface area contributed by atoms with Crippen molar-refractivity contribution in [2.24, 2.45) is 0 Å². The predicted molar refractivity (Wildman–Crippen MR) is 124 cm³/mol. The SMILES string of the molecule is O=C(O[C@H]1[C@@H](OCc2ccccc2)[C@H](O)[C@@H](COCc2ccccc2)O[C@@H]1O)c1ccccc1. The topological polar surface area (TPSA) is 94.5 Å². The van der Waals surface area contributed by atoms with Gasteiger partial charge in [0.2, 0.25) is 0 Å². The molecule has 0 spiro atoms. The van der Waals surface area contributed by atoms with Crippen molar-refractivity contribution >= 4 is 5.97 Å². The van der Waals surface area contributed by atoms with Gasteiger partial charge >= 0.3 is 5.97 Å². The molecule has 1 aliphatic heterocycles. The number of esters is 1. The molecule has 1 saturated heterocycles. The highest BCUT2D eigenvalue weighted by Gasteiger charge is 2.48. The molecule has 0 unspecified atom stereocenters. The van der Waals surface area contributed by atoms with E-state index in [4.69, 9.17) is 18.9 Å². The third kappa shape index (κ3) is 6.28. The van der Waals surface area contributed by atoms with Crippen molar-refractivity contribution in [3.63, 3.8) is 0 Å². The fourth-order valence-corrected chi connectivity index (χ4v) is 3.76. The number of ether oxygens (including phenoxy) is 4. The molecule has 3 aromatic rings. The van der Waals surface area contributed by atoms with Gasteiger partial charge in [0.05, 0.1) is 25.4 Å². The van der Waals surface area contributed by atoms with E-state index in [1.807, 2.05) is 60.7 Å². The summed E-state index contributed by atoms with van der Waals surface area (Å²) >= 11 is 0. The summed E-state index contributed by atoms with van der Waals surface area (Å²) in [7, 11) is 0. The van der Waals surface area contributed by atoms with Crippen molar-refractivity contribution in [3.8, 4) is 0 Å². The maximum Gasteiger partial charge on any atom is 0.338 e. The van der Waals surface area contributed by atoms with Gasteiger partial charge in [0.15, 0.2) is 12.4 Å². The smallest absolute Gasteiger partial charge is 0.338 e. The standard InChI is InChI=1S/C27H28O7/c28-23-22(18-31-16-19-10-4-1-5-11-19)33-27(30)25(34-26(29)21-14-8-3-9-15-21)24(23)32-17-20-12-6-2-7-13-20/h1-15,22-25,27-28,30H,16-18H2/t22-,23-,24+,25+,27+/m1/s1. The minimum absolute atomic E-state index is 0.0255. The molecular weight excluding hydrogens is 436 g/mol. The van der Waals surface area contributed by atoms with Crippen LogP contribution in [-0.2, 0) is 32.2 Å². The Hall–Kier alpha value is -3.07. The zero-order chi connectivity index (χ0) is 23.8. The number of hydrogen-bond acceptors (Lipinski definition) is 7. The van der Waals surface area contributed by atoms with Gasteiger partial charge in [0.1, 0.15) is 18.3 Å². The van der Waals surface area contributed by atoms with Crippen LogP contribution in [0, 0.1) is 0 Å². The van der Waals surface area contributed by atoms with Crippen molar-refractivity contribution in [2.45, 2.75) is 43.9 Å². The van der Waals surface area contributed by atoms with Crippen molar-refractivity contribution in [1.82, 2.24) is 0 Å². The Balaban J connectivity index is 1.45. The van der Waals surface area contributed by atoms with Gasteiger partial charge < -0.3 is 29.2 Å². The summed E-state index contributed by atoms with van der Waals surface area (Å²) in [5.41, 5.74) is 2.17. The second kappa shape index (κ2) is 11.9. The Morgan fingerprint density at radius 3 is 1.94 bits per heavy atom. The van der Waals surface area contributed by atoms with E-state index in [0.717, 1.165) is 11.1 Å². The third-order valence-electron chi connectivity index (χ3n) is 5.57. The summed E-state index contributed by atoms with van der Waals surface area (Å²) in [6.07, 6.45) is -5.82. The van der Waals surface area contributed by atoms with Gasteiger partial charge in [-0.15, -0.1) is 0 Å². The van der Waals surface area contributed by atoms with E-state index in [1.54, 1.807) is 30.3 Å². The summed E-state index contributed by atoms with van der Waals surface area (Å²) in [4.78, 5) is 12.6. The number of carbonyl (C=O) groups excluding carboxylic acids is 1. The second-order valence-electron chi connectivity index (χ2n) is 8.05. The van der Waals surface area contributed by atoms with Crippen molar-refractivity contribution in [1.29, 1.82) is 0 Å². The highest BCUT2D eigenvalue weighted by atomic mass is 16.7. The minimum Gasteiger partial charge on any atom is -0.450 e. The number of aliphatic hydroxyl groups is 2. The predicted octanol–water partition coefficient (Wildman–Crippen LogP) is 3.09. The molecule has 34 heavy (non-hydrogen) atoms. The van der Waals surface area contributed by atoms with Crippen LogP contribution in [0.25, 0.3) is 0 Å². The van der Waals surface area contributed by atoms with Crippen molar-refractivity contribution in [2.75, 3.05) is 6.61 Å². The van der Waals surface area contributed by atoms with E-state index >= 15 is 0 Å². The Labute approximate surface area is 198 Å². The van der Waals surface area contributed by atoms with E-state index in [2.05, 4.69) is 0 Å². The molecule has 5 atom stereocenters. The van der Waals surface area contributed by atoms with E-state index < -0.39 is 36.7 Å². The van der Waals surface area contributed by atoms with Crippen LogP contribution in [0.5, 0.6) is 0 Å². The molecule has 0 saturated carbocycles. The molecule has 0 bridgehead atoms. The minimum atomic E-state index is -1.50. The Kier molecular flexibility index (Phi) is 8.41. The summed E-state index contributed by atoms with van der Waals surface area (Å²) in [5, 5.41) is 21.7. The lowest BCUT2D eigenvalue weighted by molar-refractivity contribution is -0.297. The van der Waals surface area contributed by atoms with Crippen LogP contribution < -0.4 is 0 Å². The van der Waals surface area contributed by atoms with Crippen LogP contribution in [0.1, 0.15) is 21.5 Å². The highest BCUT2D eigenvalue weighted by molar-refractivity contribution is 5.89. The molecule has 0 aromatic heterocycles. The largest absolute Gasteiger partial charge is 0.450 e. The van der Waals surface area contributed by atoms with Crippen LogP contribution in [0.15, 0.2) is 91.0 Å². The average molecular weight is 465 g/mol. The van der Waals surface area contributed by atoms with E-state index in [9.17, 15) is 15.0 Å². The van der Waals surface area contributed by atoms with Crippen molar-refractivity contribution < 1.29 is 34.0 Å². The fourth-order valence-electron chi connectivity index (χ4n) is 3.76. The zero-order valence-corrected chi connectivity index (χ0v) is 18.6. The number of hydrogen-bond donors (Lipinski definition) is 2. The number of rotatable bonds is 9. The first-order valence-corrected chi connectivity index (χ1v) is 11.2. The molecule has 2 N–H and O–H groups in total. The van der Waals surface area contributed by atoms with Crippen LogP contribution in [-0.4, -0.2) is 53.5 Å². The first-order valence-electron chi connectivity index (χ1n) is 11.2. The van der Waals surface area contributed by atoms with Crippen LogP contribution in [0.4, 0.5) is 0 Å². The maximum absolute atomic E-state index is 12.6. The normalized spacial score (nSPS) is 24.5. The molecule has 4 rings (SSSR count). The molecule has 7 nitrogen and oxygen atoms in total. The Morgan fingerprint density at radius 1 is 0.765 bits per heavy atom. The lowest BCUT2D eigenvalue weighted by Crippen LogP contribution is -2.60. The van der Waals surface area contributed by atoms with Gasteiger partial charge in [-0.3, -0.25) is 0 Å². The zero-order valence-electron chi connectivity index (χ0n) is 18.6. The quantitative estimate of drug-likeness (QED) is 0.470. The van der Waals surface area contributed by atoms with Crippen LogP contribution in [0.3, 0.4) is 0 Å². The van der Waals surface area contributed by atoms with Gasteiger partial charge in [0, 0.05) is 0 Å². The molecule has 3 aromatic carbocycles. The number of benzene rings is 3. The molecule has 0 radical (unpaired) electrons. The maximum atomic E-state index is 12.6. The first kappa shape index (κ1) is 24.1. The summed E-state index contributed by atoms with van der Waals surface area (Å²) in [5.74, 6) is -0.646. The Morgan fingerprint density at radius 2 is 1.32 bits per heavy atom. The monoisotopic (exact) mass is 464 g/mol. The summed E-state index contributed by atoms with van der Waals surface area (Å²) < 4.78 is 22.8. The average Bonchev–Trinajstić information content (AvgIpc) is 2.88. The lowest BCUT2D eigenvalue weighted by atomic mass is 9.98. The van der Waals surface area contributed by atoms with E-state index in [1.165, 1.54) is 0 Å². The molecular formula is C27H28O7. The third-order valence-corrected chi connectivity index (χ3v) is 5.57. The molecule has 178 valence electrons. The van der Waals surface area contributed by atoms with Crippen LogP contribution in [0.2, 0.25) is 0 Å². The van der Waals surface area contributed by atoms with Crippen molar-refractivity contribution in [3.05, 3.63) is 108 Å². The van der Waals surface area contributed by atoms with Gasteiger partial charge in [-0.05, 0) is 23.3 Å². The molecule has 0 amide bonds.